The van der Waals surface area contributed by atoms with Gasteiger partial charge in [0, 0.05) is 32.2 Å². The molecule has 5 heteroatoms. The third kappa shape index (κ3) is 3.35. The molecule has 0 unspecified atom stereocenters. The van der Waals surface area contributed by atoms with E-state index < -0.39 is 9.84 Å². The zero-order valence-electron chi connectivity index (χ0n) is 11.0. The molecule has 2 fully saturated rings. The predicted molar refractivity (Wildman–Crippen MR) is 75.7 cm³/mol. The second kappa shape index (κ2) is 5.23. The van der Waals surface area contributed by atoms with Crippen molar-refractivity contribution in [1.82, 2.24) is 10.2 Å². The van der Waals surface area contributed by atoms with Gasteiger partial charge in [-0.1, -0.05) is 30.3 Å². The van der Waals surface area contributed by atoms with E-state index in [9.17, 15) is 8.42 Å². The molecule has 1 aromatic rings. The van der Waals surface area contributed by atoms with Gasteiger partial charge in [-0.15, -0.1) is 0 Å². The monoisotopic (exact) mass is 280 g/mol. The van der Waals surface area contributed by atoms with Gasteiger partial charge >= 0.3 is 0 Å². The van der Waals surface area contributed by atoms with Crippen LogP contribution in [0.3, 0.4) is 0 Å². The Morgan fingerprint density at radius 1 is 1.16 bits per heavy atom. The Hall–Kier alpha value is -0.910. The van der Waals surface area contributed by atoms with Crippen molar-refractivity contribution >= 4 is 9.84 Å². The van der Waals surface area contributed by atoms with Gasteiger partial charge < -0.3 is 5.32 Å². The SMILES string of the molecule is O=S1(=O)C[C@@H]2CN[C@@H](CN(Cc3ccccc3)C2)C1. The molecule has 2 aliphatic rings. The first-order valence-electron chi connectivity index (χ1n) is 6.81. The van der Waals surface area contributed by atoms with E-state index in [0.717, 1.165) is 26.2 Å². The molecule has 2 saturated heterocycles. The number of hydrogen-bond donors (Lipinski definition) is 1. The Balaban J connectivity index is 1.73. The van der Waals surface area contributed by atoms with Crippen molar-refractivity contribution in [3.63, 3.8) is 0 Å². The Labute approximate surface area is 114 Å². The number of rotatable bonds is 2. The molecule has 2 bridgehead atoms. The summed E-state index contributed by atoms with van der Waals surface area (Å²) in [5, 5.41) is 3.39. The lowest BCUT2D eigenvalue weighted by molar-refractivity contribution is 0.241. The van der Waals surface area contributed by atoms with Crippen molar-refractivity contribution in [2.75, 3.05) is 31.1 Å². The van der Waals surface area contributed by atoms with Crippen molar-refractivity contribution in [1.29, 1.82) is 0 Å². The first-order chi connectivity index (χ1) is 9.11. The van der Waals surface area contributed by atoms with Crippen LogP contribution >= 0.6 is 0 Å². The van der Waals surface area contributed by atoms with Gasteiger partial charge in [0.1, 0.15) is 0 Å². The van der Waals surface area contributed by atoms with Gasteiger partial charge in [-0.2, -0.15) is 0 Å². The van der Waals surface area contributed by atoms with Crippen molar-refractivity contribution in [2.45, 2.75) is 12.6 Å². The van der Waals surface area contributed by atoms with Gasteiger partial charge in [0.15, 0.2) is 9.84 Å². The summed E-state index contributed by atoms with van der Waals surface area (Å²) in [6.45, 7) is 3.44. The highest BCUT2D eigenvalue weighted by Gasteiger charge is 2.33. The van der Waals surface area contributed by atoms with Crippen molar-refractivity contribution in [3.05, 3.63) is 35.9 Å². The highest BCUT2D eigenvalue weighted by atomic mass is 32.2. The maximum absolute atomic E-state index is 11.9. The van der Waals surface area contributed by atoms with Crippen LogP contribution in [0.4, 0.5) is 0 Å². The molecule has 1 aromatic carbocycles. The molecule has 1 N–H and O–H groups in total. The average Bonchev–Trinajstić information content (AvgIpc) is 2.59. The van der Waals surface area contributed by atoms with Gasteiger partial charge in [-0.05, 0) is 11.5 Å². The smallest absolute Gasteiger partial charge is 0.152 e. The summed E-state index contributed by atoms with van der Waals surface area (Å²) in [6, 6.07) is 10.5. The highest BCUT2D eigenvalue weighted by molar-refractivity contribution is 7.91. The number of sulfone groups is 1. The molecule has 0 aliphatic carbocycles. The predicted octanol–water partition coefficient (Wildman–Crippen LogP) is 0.505. The van der Waals surface area contributed by atoms with Crippen LogP contribution in [0.15, 0.2) is 30.3 Å². The maximum Gasteiger partial charge on any atom is 0.152 e. The zero-order valence-corrected chi connectivity index (χ0v) is 11.8. The first kappa shape index (κ1) is 13.1. The average molecular weight is 280 g/mol. The zero-order chi connectivity index (χ0) is 13.3. The largest absolute Gasteiger partial charge is 0.311 e. The van der Waals surface area contributed by atoms with Crippen molar-refractivity contribution in [2.24, 2.45) is 5.92 Å². The molecule has 0 saturated carbocycles. The molecule has 104 valence electrons. The first-order valence-corrected chi connectivity index (χ1v) is 8.63. The van der Waals surface area contributed by atoms with E-state index in [2.05, 4.69) is 34.5 Å². The molecule has 0 radical (unpaired) electrons. The third-order valence-corrected chi connectivity index (χ3v) is 5.77. The normalized spacial score (nSPS) is 30.7. The minimum Gasteiger partial charge on any atom is -0.311 e. The lowest BCUT2D eigenvalue weighted by Gasteiger charge is -2.28. The summed E-state index contributed by atoms with van der Waals surface area (Å²) in [7, 11) is -2.86. The third-order valence-electron chi connectivity index (χ3n) is 3.88. The van der Waals surface area contributed by atoms with Crippen LogP contribution in [0.1, 0.15) is 5.56 Å². The van der Waals surface area contributed by atoms with E-state index in [1.807, 2.05) is 6.07 Å². The van der Waals surface area contributed by atoms with Crippen molar-refractivity contribution < 1.29 is 8.42 Å². The van der Waals surface area contributed by atoms with Gasteiger partial charge in [0.2, 0.25) is 0 Å². The minimum atomic E-state index is -2.86. The van der Waals surface area contributed by atoms with Gasteiger partial charge in [0.25, 0.3) is 0 Å². The van der Waals surface area contributed by atoms with E-state index in [0.29, 0.717) is 5.75 Å². The molecule has 4 nitrogen and oxygen atoms in total. The van der Waals surface area contributed by atoms with Crippen LogP contribution in [-0.2, 0) is 16.4 Å². The second-order valence-corrected chi connectivity index (χ2v) is 7.88. The van der Waals surface area contributed by atoms with Crippen LogP contribution in [0.25, 0.3) is 0 Å². The molecule has 0 spiro atoms. The Morgan fingerprint density at radius 3 is 2.74 bits per heavy atom. The molecule has 2 atom stereocenters. The summed E-state index contributed by atoms with van der Waals surface area (Å²) < 4.78 is 23.8. The summed E-state index contributed by atoms with van der Waals surface area (Å²) >= 11 is 0. The van der Waals surface area contributed by atoms with Crippen LogP contribution in [0.5, 0.6) is 0 Å². The Kier molecular flexibility index (Phi) is 3.60. The summed E-state index contributed by atoms with van der Waals surface area (Å²) in [4.78, 5) is 2.39. The molecular weight excluding hydrogens is 260 g/mol. The summed E-state index contributed by atoms with van der Waals surface area (Å²) in [6.07, 6.45) is 0. The van der Waals surface area contributed by atoms with Gasteiger partial charge in [-0.3, -0.25) is 4.90 Å². The van der Waals surface area contributed by atoms with Crippen LogP contribution < -0.4 is 5.32 Å². The highest BCUT2D eigenvalue weighted by Crippen LogP contribution is 2.18. The fourth-order valence-electron chi connectivity index (χ4n) is 3.14. The standard InChI is InChI=1S/C14H20N2O2S/c17-19(18)10-13-6-15-14(11-19)9-16(8-13)7-12-4-2-1-3-5-12/h1-5,13-15H,6-11H2/t13-,14+/m1/s1. The number of nitrogens with zero attached hydrogens (tertiary/aromatic N) is 1. The minimum absolute atomic E-state index is 0.0845. The molecule has 0 amide bonds. The quantitative estimate of drug-likeness (QED) is 0.857. The van der Waals surface area contributed by atoms with Gasteiger partial charge in [0.05, 0.1) is 11.5 Å². The van der Waals surface area contributed by atoms with Crippen LogP contribution in [0, 0.1) is 5.92 Å². The lowest BCUT2D eigenvalue weighted by Crippen LogP contribution is -2.43. The van der Waals surface area contributed by atoms with Crippen molar-refractivity contribution in [3.8, 4) is 0 Å². The van der Waals surface area contributed by atoms with Crippen LogP contribution in [-0.4, -0.2) is 50.5 Å². The second-order valence-electron chi connectivity index (χ2n) is 5.73. The van der Waals surface area contributed by atoms with Gasteiger partial charge in [-0.25, -0.2) is 8.42 Å². The van der Waals surface area contributed by atoms with E-state index in [1.54, 1.807) is 0 Å². The summed E-state index contributed by atoms with van der Waals surface area (Å²) in [5.74, 6) is 0.845. The Bertz CT molecular complexity index is 508. The fourth-order valence-corrected chi connectivity index (χ4v) is 5.06. The molecule has 0 aromatic heterocycles. The Morgan fingerprint density at radius 2 is 1.95 bits per heavy atom. The number of hydrogen-bond acceptors (Lipinski definition) is 4. The van der Waals surface area contributed by atoms with E-state index in [4.69, 9.17) is 0 Å². The molecule has 3 rings (SSSR count). The fraction of sp³-hybridized carbons (Fsp3) is 0.571. The topological polar surface area (TPSA) is 49.4 Å². The number of benzene rings is 1. The lowest BCUT2D eigenvalue weighted by atomic mass is 10.1. The summed E-state index contributed by atoms with van der Waals surface area (Å²) in [5.41, 5.74) is 1.30. The van der Waals surface area contributed by atoms with Crippen LogP contribution in [0.2, 0.25) is 0 Å². The molecule has 2 aliphatic heterocycles. The molecule has 2 heterocycles. The maximum atomic E-state index is 11.9. The van der Waals surface area contributed by atoms with E-state index in [-0.39, 0.29) is 17.7 Å². The van der Waals surface area contributed by atoms with E-state index in [1.165, 1.54) is 5.56 Å². The van der Waals surface area contributed by atoms with E-state index >= 15 is 0 Å². The molecule has 19 heavy (non-hydrogen) atoms. The number of nitrogens with one attached hydrogen (secondary N) is 1. The molecular formula is C14H20N2O2S. The number of fused-ring (bicyclic) bond motifs is 3.